The van der Waals surface area contributed by atoms with E-state index in [-0.39, 0.29) is 46.1 Å². The maximum absolute atomic E-state index is 12.5. The molecule has 1 saturated heterocycles. The Hall–Kier alpha value is -2.31. The van der Waals surface area contributed by atoms with Crippen LogP contribution in [0, 0.1) is 0 Å². The maximum Gasteiger partial charge on any atom is 1.00 e. The monoisotopic (exact) mass is 475 g/mol. The molecule has 1 aliphatic heterocycles. The fourth-order valence-electron chi connectivity index (χ4n) is 2.18. The van der Waals surface area contributed by atoms with E-state index in [1.54, 1.807) is 0 Å². The van der Waals surface area contributed by atoms with Crippen LogP contribution in [0.25, 0.3) is 0 Å². The summed E-state index contributed by atoms with van der Waals surface area (Å²) in [5.74, 6) is -5.11. The van der Waals surface area contributed by atoms with Gasteiger partial charge in [0.2, 0.25) is 6.61 Å². The Bertz CT molecular complexity index is 1000. The zero-order valence-corrected chi connectivity index (χ0v) is 19.0. The number of oxime groups is 1. The molecule has 0 bridgehead atoms. The number of nitrogens with two attached hydrogens (primary N) is 1. The summed E-state index contributed by atoms with van der Waals surface area (Å²) in [6, 6.07) is -3.59. The molecule has 30 heavy (non-hydrogen) atoms. The van der Waals surface area contributed by atoms with Crippen molar-refractivity contribution in [2.24, 2.45) is 5.16 Å². The fourth-order valence-corrected chi connectivity index (χ4v) is 3.56. The number of carboxylic acids is 1. The SMILES string of the molecule is COC(=O)[C@H]1[C@@H](NC(=O)/C(=N\OCC(=O)O)c2csc(N)n2)C(=O)N1S(=O)(=O)O.[H-].[Na+]. The van der Waals surface area contributed by atoms with Gasteiger partial charge in [-0.05, 0) is 0 Å². The summed E-state index contributed by atoms with van der Waals surface area (Å²) in [7, 11) is -4.20. The van der Waals surface area contributed by atoms with Crippen molar-refractivity contribution >= 4 is 56.2 Å². The van der Waals surface area contributed by atoms with Gasteiger partial charge < -0.3 is 27.2 Å². The Morgan fingerprint density at radius 1 is 1.47 bits per heavy atom. The molecule has 1 aliphatic rings. The number of anilines is 1. The molecule has 0 saturated carbocycles. The van der Waals surface area contributed by atoms with Gasteiger partial charge in [0.15, 0.2) is 16.9 Å². The average molecular weight is 475 g/mol. The van der Waals surface area contributed by atoms with Gasteiger partial charge in [0.05, 0.1) is 7.11 Å². The van der Waals surface area contributed by atoms with E-state index in [0.29, 0.717) is 0 Å². The number of carbonyl (C=O) groups excluding carboxylic acids is 3. The zero-order chi connectivity index (χ0) is 21.9. The molecule has 5 N–H and O–H groups in total. The Morgan fingerprint density at radius 3 is 2.57 bits per heavy atom. The number of amides is 2. The zero-order valence-electron chi connectivity index (χ0n) is 16.3. The van der Waals surface area contributed by atoms with Crippen LogP contribution >= 0.6 is 11.3 Å². The molecular formula is C12H14N5NaO10S2. The van der Waals surface area contributed by atoms with Gasteiger partial charge in [0.1, 0.15) is 11.7 Å². The molecule has 0 spiro atoms. The van der Waals surface area contributed by atoms with Crippen LogP contribution in [-0.2, 0) is 39.1 Å². The number of thiazole rings is 1. The van der Waals surface area contributed by atoms with Crippen LogP contribution in [0.2, 0.25) is 0 Å². The number of nitrogen functional groups attached to an aromatic ring is 1. The first-order valence-corrected chi connectivity index (χ1v) is 9.57. The molecule has 15 nitrogen and oxygen atoms in total. The molecule has 0 unspecified atom stereocenters. The van der Waals surface area contributed by atoms with Gasteiger partial charge in [-0.15, -0.1) is 11.3 Å². The second-order valence-corrected chi connectivity index (χ2v) is 7.39. The van der Waals surface area contributed by atoms with Gasteiger partial charge in [-0.2, -0.15) is 12.7 Å². The van der Waals surface area contributed by atoms with E-state index in [4.69, 9.17) is 15.4 Å². The van der Waals surface area contributed by atoms with Crippen LogP contribution in [0.3, 0.4) is 0 Å². The van der Waals surface area contributed by atoms with E-state index in [0.717, 1.165) is 18.4 Å². The summed E-state index contributed by atoms with van der Waals surface area (Å²) in [4.78, 5) is 55.1. The van der Waals surface area contributed by atoms with Crippen molar-refractivity contribution < 1.29 is 77.8 Å². The fraction of sp³-hybridized carbons (Fsp3) is 0.333. The van der Waals surface area contributed by atoms with Gasteiger partial charge in [-0.3, -0.25) is 14.1 Å². The summed E-state index contributed by atoms with van der Waals surface area (Å²) < 4.78 is 35.8. The van der Waals surface area contributed by atoms with E-state index in [9.17, 15) is 27.6 Å². The molecule has 2 rings (SSSR count). The van der Waals surface area contributed by atoms with Crippen LogP contribution in [-0.4, -0.2) is 82.6 Å². The molecule has 0 aliphatic carbocycles. The number of methoxy groups -OCH3 is 1. The molecular weight excluding hydrogens is 461 g/mol. The number of carbonyl (C=O) groups is 4. The van der Waals surface area contributed by atoms with Crippen molar-refractivity contribution in [1.29, 1.82) is 0 Å². The minimum atomic E-state index is -5.10. The molecule has 2 heterocycles. The number of hydrogen-bond donors (Lipinski definition) is 4. The number of nitrogens with one attached hydrogen (secondary N) is 1. The van der Waals surface area contributed by atoms with Crippen molar-refractivity contribution in [3.8, 4) is 0 Å². The van der Waals surface area contributed by atoms with Gasteiger partial charge in [0, 0.05) is 5.38 Å². The maximum atomic E-state index is 12.5. The molecule has 160 valence electrons. The van der Waals surface area contributed by atoms with E-state index in [1.165, 1.54) is 5.38 Å². The topological polar surface area (TPSA) is 228 Å². The summed E-state index contributed by atoms with van der Waals surface area (Å²) in [5, 5.41) is 15.3. The number of rotatable bonds is 8. The molecule has 1 fully saturated rings. The van der Waals surface area contributed by atoms with Crippen molar-refractivity contribution in [2.45, 2.75) is 12.1 Å². The quantitative estimate of drug-likeness (QED) is 0.0688. The van der Waals surface area contributed by atoms with E-state index in [1.807, 2.05) is 5.32 Å². The number of β-lactam (4-membered cyclic amide) rings is 1. The van der Waals surface area contributed by atoms with Crippen LogP contribution in [0.5, 0.6) is 0 Å². The van der Waals surface area contributed by atoms with Crippen molar-refractivity contribution in [1.82, 2.24) is 14.6 Å². The molecule has 18 heteroatoms. The minimum Gasteiger partial charge on any atom is -1.00 e. The largest absolute Gasteiger partial charge is 1.00 e. The first-order valence-electron chi connectivity index (χ1n) is 7.29. The van der Waals surface area contributed by atoms with E-state index < -0.39 is 58.5 Å². The van der Waals surface area contributed by atoms with Crippen LogP contribution in [0.4, 0.5) is 5.13 Å². The van der Waals surface area contributed by atoms with Crippen LogP contribution < -0.4 is 40.6 Å². The van der Waals surface area contributed by atoms with E-state index >= 15 is 0 Å². The number of nitrogens with zero attached hydrogens (tertiary/aromatic N) is 3. The molecule has 1 aromatic rings. The number of ether oxygens (including phenoxy) is 1. The Balaban J connectivity index is 0.00000450. The standard InChI is InChI=1S/C12H13N5O10S2.Na.H/c1-26-11(22)8-7(10(21)17(8)29(23,24)25)15-9(20)6(16-27-2-5(18)19)4-3-28-12(13)14-4;;/h3,7-8H,2H2,1H3,(H2,13,14)(H,15,20)(H,18,19)(H,23,24,25);;/q;+1;-1/b16-6-;;/t7-,8-;;/m1../s1. The van der Waals surface area contributed by atoms with Gasteiger partial charge in [0.25, 0.3) is 11.8 Å². The van der Waals surface area contributed by atoms with Crippen molar-refractivity contribution in [3.05, 3.63) is 11.1 Å². The van der Waals surface area contributed by atoms with Crippen molar-refractivity contribution in [3.63, 3.8) is 0 Å². The first kappa shape index (κ1) is 25.7. The van der Waals surface area contributed by atoms with Gasteiger partial charge in [-0.1, -0.05) is 5.16 Å². The second kappa shape index (κ2) is 10.1. The Kier molecular flexibility index (Phi) is 8.69. The third-order valence-electron chi connectivity index (χ3n) is 3.35. The average Bonchev–Trinajstić information content (AvgIpc) is 3.04. The molecule has 0 radical (unpaired) electrons. The number of hydrogen-bond acceptors (Lipinski definition) is 12. The molecule has 0 aromatic carbocycles. The predicted molar refractivity (Wildman–Crippen MR) is 93.9 cm³/mol. The molecule has 2 atom stereocenters. The summed E-state index contributed by atoms with van der Waals surface area (Å²) in [6.45, 7) is -0.903. The smallest absolute Gasteiger partial charge is 1.00 e. The number of aliphatic carboxylic acids is 1. The third-order valence-corrected chi connectivity index (χ3v) is 4.93. The normalized spacial score (nSPS) is 18.7. The summed E-state index contributed by atoms with van der Waals surface area (Å²) in [6.07, 6.45) is 0. The first-order chi connectivity index (χ1) is 13.5. The van der Waals surface area contributed by atoms with Gasteiger partial charge in [-0.25, -0.2) is 14.6 Å². The number of esters is 1. The second-order valence-electron chi connectivity index (χ2n) is 5.21. The minimum absolute atomic E-state index is 0. The van der Waals surface area contributed by atoms with Crippen LogP contribution in [0.15, 0.2) is 10.5 Å². The summed E-state index contributed by atoms with van der Waals surface area (Å²) >= 11 is 0.914. The Morgan fingerprint density at radius 2 is 2.10 bits per heavy atom. The molecule has 1 aromatic heterocycles. The molecule has 2 amide bonds. The number of carboxylic acid groups (broad SMARTS) is 1. The van der Waals surface area contributed by atoms with Crippen molar-refractivity contribution in [2.75, 3.05) is 19.5 Å². The number of aromatic nitrogens is 1. The summed E-state index contributed by atoms with van der Waals surface area (Å²) in [5.41, 5.74) is 4.74. The van der Waals surface area contributed by atoms with Gasteiger partial charge >= 0.3 is 51.8 Å². The van der Waals surface area contributed by atoms with E-state index in [2.05, 4.69) is 19.7 Å². The van der Waals surface area contributed by atoms with Crippen LogP contribution in [0.1, 0.15) is 7.12 Å². The predicted octanol–water partition coefficient (Wildman–Crippen LogP) is -5.68. The Labute approximate surface area is 195 Å². The third kappa shape index (κ3) is 5.64.